The van der Waals surface area contributed by atoms with Gasteiger partial charge in [-0.2, -0.15) is 0 Å². The topological polar surface area (TPSA) is 96.3 Å². The number of nitrogens with one attached hydrogen (secondary N) is 2. The van der Waals surface area contributed by atoms with E-state index in [-0.39, 0.29) is 18.5 Å². The van der Waals surface area contributed by atoms with Crippen LogP contribution in [-0.2, 0) is 17.8 Å². The summed E-state index contributed by atoms with van der Waals surface area (Å²) in [4.78, 5) is 26.9. The summed E-state index contributed by atoms with van der Waals surface area (Å²) in [5.74, 6) is -0.861. The molecule has 1 atom stereocenters. The third kappa shape index (κ3) is 7.52. The van der Waals surface area contributed by atoms with Crippen LogP contribution in [0.4, 0.5) is 4.79 Å². The highest BCUT2D eigenvalue weighted by atomic mass is 16.4. The van der Waals surface area contributed by atoms with Gasteiger partial charge >= 0.3 is 12.0 Å². The summed E-state index contributed by atoms with van der Waals surface area (Å²) in [5.41, 5.74) is 1.07. The number of nitrogens with zero attached hydrogens (tertiary/aromatic N) is 2. The van der Waals surface area contributed by atoms with Crippen molar-refractivity contribution in [3.8, 4) is 0 Å². The Balaban J connectivity index is 1.75. The number of carboxylic acid groups (broad SMARTS) is 1. The van der Waals surface area contributed by atoms with Crippen molar-refractivity contribution in [3.05, 3.63) is 54.6 Å². The van der Waals surface area contributed by atoms with Crippen molar-refractivity contribution in [3.63, 3.8) is 0 Å². The molecule has 0 saturated heterocycles. The number of benzene rings is 1. The van der Waals surface area contributed by atoms with Gasteiger partial charge < -0.3 is 20.3 Å². The molecule has 1 aromatic heterocycles. The molecule has 2 amide bonds. The Morgan fingerprint density at radius 3 is 2.72 bits per heavy atom. The summed E-state index contributed by atoms with van der Waals surface area (Å²) in [5, 5.41) is 14.6. The first-order chi connectivity index (χ1) is 12.1. The zero-order chi connectivity index (χ0) is 17.9. The monoisotopic (exact) mass is 344 g/mol. The molecular formula is C18H24N4O3. The molecule has 0 aliphatic heterocycles. The van der Waals surface area contributed by atoms with Crippen molar-refractivity contribution in [2.75, 3.05) is 6.54 Å². The van der Waals surface area contributed by atoms with Crippen molar-refractivity contribution >= 4 is 12.0 Å². The van der Waals surface area contributed by atoms with Crippen LogP contribution in [0, 0.1) is 0 Å². The number of carbonyl (C=O) groups excluding carboxylic acids is 1. The number of aryl methyl sites for hydroxylation is 1. The average Bonchev–Trinajstić information content (AvgIpc) is 3.11. The zero-order valence-electron chi connectivity index (χ0n) is 14.1. The smallest absolute Gasteiger partial charge is 0.315 e. The third-order valence-electron chi connectivity index (χ3n) is 3.80. The minimum atomic E-state index is -0.861. The van der Waals surface area contributed by atoms with Crippen molar-refractivity contribution in [2.24, 2.45) is 0 Å². The minimum Gasteiger partial charge on any atom is -0.481 e. The number of carboxylic acids is 1. The van der Waals surface area contributed by atoms with E-state index >= 15 is 0 Å². The first-order valence-electron chi connectivity index (χ1n) is 8.39. The molecule has 0 saturated carbocycles. The second-order valence-corrected chi connectivity index (χ2v) is 5.87. The fourth-order valence-electron chi connectivity index (χ4n) is 2.54. The Bertz CT molecular complexity index is 644. The van der Waals surface area contributed by atoms with Crippen LogP contribution in [0.15, 0.2) is 49.1 Å². The van der Waals surface area contributed by atoms with Crippen molar-refractivity contribution in [1.29, 1.82) is 0 Å². The highest BCUT2D eigenvalue weighted by Crippen LogP contribution is 2.08. The highest BCUT2D eigenvalue weighted by molar-refractivity contribution is 5.74. The standard InChI is InChI=1S/C18H24N4O3/c23-17(24)8-7-16(13-15-5-2-1-3-6-15)21-18(25)20-9-4-11-22-12-10-19-14-22/h1-3,5-6,10,12,14,16H,4,7-9,11,13H2,(H,23,24)(H2,20,21,25). The van der Waals surface area contributed by atoms with Crippen LogP contribution >= 0.6 is 0 Å². The van der Waals surface area contributed by atoms with Gasteiger partial charge in [-0.25, -0.2) is 9.78 Å². The van der Waals surface area contributed by atoms with Crippen LogP contribution in [-0.4, -0.2) is 39.2 Å². The summed E-state index contributed by atoms with van der Waals surface area (Å²) in [7, 11) is 0. The molecule has 134 valence electrons. The van der Waals surface area contributed by atoms with Crippen LogP contribution in [0.1, 0.15) is 24.8 Å². The van der Waals surface area contributed by atoms with Crippen molar-refractivity contribution < 1.29 is 14.7 Å². The van der Waals surface area contributed by atoms with Crippen molar-refractivity contribution in [1.82, 2.24) is 20.2 Å². The predicted molar refractivity (Wildman–Crippen MR) is 94.2 cm³/mol. The Morgan fingerprint density at radius 1 is 1.24 bits per heavy atom. The van der Waals surface area contributed by atoms with Crippen LogP contribution < -0.4 is 10.6 Å². The lowest BCUT2D eigenvalue weighted by molar-refractivity contribution is -0.137. The van der Waals surface area contributed by atoms with E-state index < -0.39 is 5.97 Å². The number of aromatic nitrogens is 2. The van der Waals surface area contributed by atoms with E-state index in [1.807, 2.05) is 41.1 Å². The molecule has 7 nitrogen and oxygen atoms in total. The molecule has 2 rings (SSSR count). The normalized spacial score (nSPS) is 11.7. The quantitative estimate of drug-likeness (QED) is 0.575. The Kier molecular flexibility index (Phi) is 7.49. The molecular weight excluding hydrogens is 320 g/mol. The van der Waals surface area contributed by atoms with Gasteiger partial charge in [0.2, 0.25) is 0 Å². The molecule has 0 fully saturated rings. The lowest BCUT2D eigenvalue weighted by atomic mass is 10.0. The molecule has 2 aromatic rings. The van der Waals surface area contributed by atoms with Crippen LogP contribution in [0.5, 0.6) is 0 Å². The molecule has 0 bridgehead atoms. The van der Waals surface area contributed by atoms with Gasteiger partial charge in [0, 0.05) is 37.9 Å². The van der Waals surface area contributed by atoms with Gasteiger partial charge in [0.15, 0.2) is 0 Å². The third-order valence-corrected chi connectivity index (χ3v) is 3.80. The highest BCUT2D eigenvalue weighted by Gasteiger charge is 2.14. The number of aliphatic carboxylic acids is 1. The van der Waals surface area contributed by atoms with Gasteiger partial charge in [0.1, 0.15) is 0 Å². The van der Waals surface area contributed by atoms with Crippen molar-refractivity contribution in [2.45, 2.75) is 38.3 Å². The number of carbonyl (C=O) groups is 2. The van der Waals surface area contributed by atoms with E-state index in [0.29, 0.717) is 19.4 Å². The van der Waals surface area contributed by atoms with E-state index in [9.17, 15) is 9.59 Å². The zero-order valence-corrected chi connectivity index (χ0v) is 14.1. The molecule has 0 aliphatic carbocycles. The second-order valence-electron chi connectivity index (χ2n) is 5.87. The van der Waals surface area contributed by atoms with Crippen LogP contribution in [0.25, 0.3) is 0 Å². The molecule has 0 spiro atoms. The maximum Gasteiger partial charge on any atom is 0.315 e. The number of rotatable bonds is 10. The van der Waals surface area contributed by atoms with E-state index in [0.717, 1.165) is 18.5 Å². The molecule has 1 heterocycles. The lowest BCUT2D eigenvalue weighted by Crippen LogP contribution is -2.43. The van der Waals surface area contributed by atoms with E-state index in [1.54, 1.807) is 12.5 Å². The Labute approximate surface area is 147 Å². The minimum absolute atomic E-state index is 0.0262. The Hall–Kier alpha value is -2.83. The summed E-state index contributed by atoms with van der Waals surface area (Å²) in [6.07, 6.45) is 7.16. The fraction of sp³-hybridized carbons (Fsp3) is 0.389. The van der Waals surface area contributed by atoms with Gasteiger partial charge in [0.25, 0.3) is 0 Å². The van der Waals surface area contributed by atoms with Gasteiger partial charge in [-0.05, 0) is 24.8 Å². The van der Waals surface area contributed by atoms with Gasteiger partial charge in [-0.15, -0.1) is 0 Å². The average molecular weight is 344 g/mol. The maximum absolute atomic E-state index is 12.1. The molecule has 0 radical (unpaired) electrons. The summed E-state index contributed by atoms with van der Waals surface area (Å²) in [6, 6.07) is 9.25. The molecule has 1 unspecified atom stereocenters. The van der Waals surface area contributed by atoms with Gasteiger partial charge in [-0.1, -0.05) is 30.3 Å². The molecule has 0 aliphatic rings. The predicted octanol–water partition coefficient (Wildman–Crippen LogP) is 2.05. The number of imidazole rings is 1. The summed E-state index contributed by atoms with van der Waals surface area (Å²) in [6.45, 7) is 1.33. The molecule has 25 heavy (non-hydrogen) atoms. The molecule has 1 aromatic carbocycles. The van der Waals surface area contributed by atoms with E-state index in [2.05, 4.69) is 15.6 Å². The number of amides is 2. The van der Waals surface area contributed by atoms with Gasteiger partial charge in [0.05, 0.1) is 6.33 Å². The summed E-state index contributed by atoms with van der Waals surface area (Å²) >= 11 is 0. The molecule has 7 heteroatoms. The Morgan fingerprint density at radius 2 is 2.04 bits per heavy atom. The molecule has 3 N–H and O–H groups in total. The summed E-state index contributed by atoms with van der Waals surface area (Å²) < 4.78 is 1.95. The van der Waals surface area contributed by atoms with Gasteiger partial charge in [-0.3, -0.25) is 4.79 Å². The van der Waals surface area contributed by atoms with Crippen LogP contribution in [0.2, 0.25) is 0 Å². The first kappa shape index (κ1) is 18.5. The lowest BCUT2D eigenvalue weighted by Gasteiger charge is -2.18. The fourth-order valence-corrected chi connectivity index (χ4v) is 2.54. The van der Waals surface area contributed by atoms with E-state index in [4.69, 9.17) is 5.11 Å². The number of urea groups is 1. The maximum atomic E-state index is 12.1. The second kappa shape index (κ2) is 10.1. The van der Waals surface area contributed by atoms with E-state index in [1.165, 1.54) is 0 Å². The largest absolute Gasteiger partial charge is 0.481 e. The number of hydrogen-bond acceptors (Lipinski definition) is 3. The van der Waals surface area contributed by atoms with Crippen LogP contribution in [0.3, 0.4) is 0 Å². The first-order valence-corrected chi connectivity index (χ1v) is 8.39. The SMILES string of the molecule is O=C(O)CCC(Cc1ccccc1)NC(=O)NCCCn1ccnc1. The number of hydrogen-bond donors (Lipinski definition) is 3.